The largest absolute Gasteiger partial charge is 0.462 e. The number of rotatable bonds is 14. The molecule has 0 heterocycles. The van der Waals surface area contributed by atoms with E-state index in [1.807, 2.05) is 111 Å². The predicted molar refractivity (Wildman–Crippen MR) is 262 cm³/mol. The van der Waals surface area contributed by atoms with Gasteiger partial charge in [-0.15, -0.1) is 6.58 Å². The third kappa shape index (κ3) is 9.79. The Morgan fingerprint density at radius 2 is 1.15 bits per heavy atom. The van der Waals surface area contributed by atoms with Gasteiger partial charge >= 0.3 is 17.9 Å². The van der Waals surface area contributed by atoms with Crippen LogP contribution in [0.15, 0.2) is 122 Å². The van der Waals surface area contributed by atoms with Crippen LogP contribution in [0.1, 0.15) is 110 Å². The van der Waals surface area contributed by atoms with Crippen LogP contribution in [-0.4, -0.2) is 70.9 Å². The number of benzene rings is 3. The van der Waals surface area contributed by atoms with E-state index in [0.717, 1.165) is 36.0 Å². The number of aliphatic hydroxyl groups is 3. The minimum atomic E-state index is -1.36. The van der Waals surface area contributed by atoms with Crippen LogP contribution >= 0.6 is 0 Å². The van der Waals surface area contributed by atoms with Gasteiger partial charge in [0.25, 0.3) is 0 Å². The smallest absolute Gasteiger partial charge is 0.331 e. The lowest BCUT2D eigenvalue weighted by Crippen LogP contribution is -2.70. The first-order chi connectivity index (χ1) is 31.8. The van der Waals surface area contributed by atoms with Crippen molar-refractivity contribution < 1.29 is 43.9 Å². The molecule has 0 amide bonds. The van der Waals surface area contributed by atoms with Crippen LogP contribution in [0.2, 0.25) is 0 Å². The van der Waals surface area contributed by atoms with Crippen LogP contribution in [0.4, 0.5) is 0 Å². The zero-order valence-corrected chi connectivity index (χ0v) is 40.3. The summed E-state index contributed by atoms with van der Waals surface area (Å²) in [6.07, 6.45) is 12.1. The Hall–Kier alpha value is -5.09. The van der Waals surface area contributed by atoms with Crippen LogP contribution < -0.4 is 0 Å². The number of carbonyl (C=O) groups excluding carboxylic acids is 3. The molecule has 9 heteroatoms. The first-order valence-electron chi connectivity index (χ1n) is 24.2. The highest BCUT2D eigenvalue weighted by atomic mass is 16.6. The van der Waals surface area contributed by atoms with Crippen LogP contribution in [0.5, 0.6) is 0 Å². The van der Waals surface area contributed by atoms with E-state index in [-0.39, 0.29) is 41.8 Å². The van der Waals surface area contributed by atoms with Crippen molar-refractivity contribution in [3.8, 4) is 0 Å². The van der Waals surface area contributed by atoms with E-state index in [0.29, 0.717) is 32.1 Å². The molecule has 9 nitrogen and oxygen atoms in total. The first-order valence-corrected chi connectivity index (χ1v) is 24.2. The summed E-state index contributed by atoms with van der Waals surface area (Å²) in [6.45, 7) is 17.2. The van der Waals surface area contributed by atoms with Crippen LogP contribution in [0.25, 0.3) is 18.2 Å². The second-order valence-electron chi connectivity index (χ2n) is 21.9. The van der Waals surface area contributed by atoms with Gasteiger partial charge in [0.15, 0.2) is 0 Å². The molecule has 3 N–H and O–H groups in total. The highest BCUT2D eigenvalue weighted by Crippen LogP contribution is 2.73. The molecule has 12 atom stereocenters. The van der Waals surface area contributed by atoms with Crippen molar-refractivity contribution in [3.05, 3.63) is 139 Å². The molecule has 4 aliphatic rings. The van der Waals surface area contributed by atoms with Crippen molar-refractivity contribution in [1.29, 1.82) is 0 Å². The van der Waals surface area contributed by atoms with Gasteiger partial charge < -0.3 is 29.5 Å². The number of hydrogen-bond acceptors (Lipinski definition) is 9. The third-order valence-electron chi connectivity index (χ3n) is 17.6. The zero-order valence-electron chi connectivity index (χ0n) is 40.3. The van der Waals surface area contributed by atoms with Crippen molar-refractivity contribution in [2.75, 3.05) is 13.2 Å². The molecule has 0 spiro atoms. The molecule has 0 aliphatic heterocycles. The van der Waals surface area contributed by atoms with Crippen LogP contribution in [0.3, 0.4) is 0 Å². The van der Waals surface area contributed by atoms with E-state index in [4.69, 9.17) is 14.2 Å². The molecule has 3 aromatic rings. The van der Waals surface area contributed by atoms with E-state index >= 15 is 0 Å². The fraction of sp³-hybridized carbons (Fsp3) is 0.500. The van der Waals surface area contributed by atoms with Gasteiger partial charge in [-0.25, -0.2) is 14.4 Å². The number of ether oxygens (including phenoxy) is 3. The summed E-state index contributed by atoms with van der Waals surface area (Å²) in [5.74, 6) is -1.89. The monoisotopic (exact) mass is 913 g/mol. The van der Waals surface area contributed by atoms with E-state index in [2.05, 4.69) is 34.3 Å². The van der Waals surface area contributed by atoms with Crippen molar-refractivity contribution in [3.63, 3.8) is 0 Å². The van der Waals surface area contributed by atoms with Gasteiger partial charge in [-0.2, -0.15) is 0 Å². The standard InChI is InChI=1S/C58H72O9/c1-8-18-45-55(5)33-32-46(59)56(6,38-65-48(61)28-25-40-19-12-9-13-20-40)44(55)31-34-57(45,7)54(4)36-43-35-53(2,3)52(67-50(63)30-27-42-23-16-11-17-24-42)51(64)58(43,47(60)37-54)39-66-49(62)29-26-41-21-14-10-15-22-41/h8-17,19-30,43-47,51-52,59-60,64H,1,18,31-39H2,2-7H3/b28-25+,29-26+,30-27+/t43?,44?,45?,46-,47+,51-,52-,54-,55-,56+,57+,58-/m0/s1. The summed E-state index contributed by atoms with van der Waals surface area (Å²) >= 11 is 0. The number of fused-ring (bicyclic) bond motifs is 2. The van der Waals surface area contributed by atoms with E-state index in [1.54, 1.807) is 18.2 Å². The number of allylic oxidation sites excluding steroid dienone is 1. The molecule has 67 heavy (non-hydrogen) atoms. The molecule has 3 unspecified atom stereocenters. The maximum atomic E-state index is 13.5. The van der Waals surface area contributed by atoms with Gasteiger partial charge in [0.2, 0.25) is 0 Å². The highest BCUT2D eigenvalue weighted by molar-refractivity contribution is 5.88. The lowest BCUT2D eigenvalue weighted by Gasteiger charge is -2.70. The molecule has 0 bridgehead atoms. The quantitative estimate of drug-likeness (QED) is 0.0624. The van der Waals surface area contributed by atoms with Gasteiger partial charge in [0, 0.05) is 29.1 Å². The molecule has 4 saturated carbocycles. The average Bonchev–Trinajstić information content (AvgIpc) is 3.31. The molecular weight excluding hydrogens is 841 g/mol. The minimum Gasteiger partial charge on any atom is -0.462 e. The second-order valence-corrected chi connectivity index (χ2v) is 21.9. The Morgan fingerprint density at radius 1 is 0.642 bits per heavy atom. The fourth-order valence-electron chi connectivity index (χ4n) is 13.7. The van der Waals surface area contributed by atoms with Crippen molar-refractivity contribution in [2.24, 2.45) is 50.2 Å². The van der Waals surface area contributed by atoms with Crippen molar-refractivity contribution in [1.82, 2.24) is 0 Å². The van der Waals surface area contributed by atoms with E-state index in [1.165, 1.54) is 18.2 Å². The minimum absolute atomic E-state index is 0.0223. The summed E-state index contributed by atoms with van der Waals surface area (Å²) in [4.78, 5) is 40.2. The summed E-state index contributed by atoms with van der Waals surface area (Å²) in [6, 6.07) is 28.4. The molecule has 0 radical (unpaired) electrons. The molecule has 3 aromatic carbocycles. The molecule has 4 fully saturated rings. The van der Waals surface area contributed by atoms with Crippen molar-refractivity contribution in [2.45, 2.75) is 117 Å². The Kier molecular flexibility index (Phi) is 14.8. The molecule has 7 rings (SSSR count). The van der Waals surface area contributed by atoms with Gasteiger partial charge in [-0.3, -0.25) is 0 Å². The predicted octanol–water partition coefficient (Wildman–Crippen LogP) is 10.5. The Morgan fingerprint density at radius 3 is 1.67 bits per heavy atom. The Labute approximate surface area is 398 Å². The second kappa shape index (κ2) is 19.9. The summed E-state index contributed by atoms with van der Waals surface area (Å²) in [7, 11) is 0. The van der Waals surface area contributed by atoms with E-state index in [9.17, 15) is 29.7 Å². The number of carbonyl (C=O) groups is 3. The SMILES string of the molecule is C=CCC1[C@@]2(C)CC[C@H](O)[C@](C)(COC(=O)/C=C/c3ccccc3)C2CC[C@@]1(C)[C@@]1(C)CC2CC(C)(C)[C@@H](OC(=O)/C=C/c3ccccc3)[C@H](O)[C@]2(COC(=O)/C=C/c2ccccc2)[C@H](O)C1. The third-order valence-corrected chi connectivity index (χ3v) is 17.6. The Bertz CT molecular complexity index is 2300. The van der Waals surface area contributed by atoms with Gasteiger partial charge in [-0.1, -0.05) is 139 Å². The summed E-state index contributed by atoms with van der Waals surface area (Å²) < 4.78 is 18.2. The topological polar surface area (TPSA) is 140 Å². The number of hydrogen-bond donors (Lipinski definition) is 3. The lowest BCUT2D eigenvalue weighted by molar-refractivity contribution is -0.279. The molecule has 358 valence electrons. The first kappa shape index (κ1) is 49.8. The van der Waals surface area contributed by atoms with Crippen molar-refractivity contribution >= 4 is 36.1 Å². The highest BCUT2D eigenvalue weighted by Gasteiger charge is 2.71. The Balaban J connectivity index is 1.18. The zero-order chi connectivity index (χ0) is 48.3. The van der Waals surface area contributed by atoms with Gasteiger partial charge in [0.05, 0.1) is 24.2 Å². The maximum absolute atomic E-state index is 13.5. The molecular formula is C58H72O9. The lowest BCUT2D eigenvalue weighted by atomic mass is 9.35. The maximum Gasteiger partial charge on any atom is 0.331 e. The van der Waals surface area contributed by atoms with E-state index < -0.39 is 64.0 Å². The van der Waals surface area contributed by atoms with Gasteiger partial charge in [0.1, 0.15) is 18.8 Å². The number of aliphatic hydroxyl groups excluding tert-OH is 3. The average molecular weight is 913 g/mol. The van der Waals surface area contributed by atoms with Gasteiger partial charge in [-0.05, 0) is 120 Å². The number of esters is 3. The fourth-order valence-corrected chi connectivity index (χ4v) is 13.7. The molecule has 4 aliphatic carbocycles. The normalized spacial score (nSPS) is 35.9. The van der Waals surface area contributed by atoms with Crippen LogP contribution in [0, 0.1) is 50.2 Å². The summed E-state index contributed by atoms with van der Waals surface area (Å²) in [5.41, 5.74) is -1.34. The summed E-state index contributed by atoms with van der Waals surface area (Å²) in [5, 5.41) is 37.5. The molecule has 0 saturated heterocycles. The van der Waals surface area contributed by atoms with Crippen LogP contribution in [-0.2, 0) is 28.6 Å². The molecule has 0 aromatic heterocycles.